The van der Waals surface area contributed by atoms with Crippen LogP contribution in [0, 0.1) is 0 Å². The van der Waals surface area contributed by atoms with E-state index in [0.29, 0.717) is 45.9 Å². The standard InChI is InChI=1S/C36H26O8/c37-29(38)9-3-15-43-19-12-14-22-27(17-19)35(41)25-7-1-5-23-31-21-13-11-20(44-16-4-10-30(39)40)18-28(21)36(42)26-8-2-6-24(34(26)31)32(22)33(23)25/h1-2,5-8,11-14,17-18H,3-4,9-10,15-16H2,(H,37,38)(H,39,40). The van der Waals surface area contributed by atoms with Crippen molar-refractivity contribution in [2.75, 3.05) is 13.2 Å². The van der Waals surface area contributed by atoms with Crippen molar-refractivity contribution in [3.8, 4) is 11.5 Å². The van der Waals surface area contributed by atoms with Gasteiger partial charge in [0.1, 0.15) is 11.5 Å². The van der Waals surface area contributed by atoms with Crippen LogP contribution in [0.2, 0.25) is 0 Å². The first kappa shape index (κ1) is 27.3. The number of benzene rings is 7. The lowest BCUT2D eigenvalue weighted by Gasteiger charge is -2.18. The van der Waals surface area contributed by atoms with Crippen LogP contribution in [-0.4, -0.2) is 35.4 Å². The summed E-state index contributed by atoms with van der Waals surface area (Å²) < 4.78 is 11.6. The average Bonchev–Trinajstić information content (AvgIpc) is 3.02. The second kappa shape index (κ2) is 10.6. The Hall–Kier alpha value is -5.50. The first-order valence-corrected chi connectivity index (χ1v) is 14.4. The third-order valence-electron chi connectivity index (χ3n) is 8.27. The number of carboxylic acid groups (broad SMARTS) is 2. The molecule has 8 heteroatoms. The highest BCUT2D eigenvalue weighted by atomic mass is 16.5. The van der Waals surface area contributed by atoms with Gasteiger partial charge in [0, 0.05) is 45.2 Å². The molecule has 7 aromatic rings. The summed E-state index contributed by atoms with van der Waals surface area (Å²) in [6, 6.07) is 22.1. The van der Waals surface area contributed by atoms with Crippen LogP contribution >= 0.6 is 0 Å². The highest BCUT2D eigenvalue weighted by Gasteiger charge is 2.21. The van der Waals surface area contributed by atoms with Crippen molar-refractivity contribution in [1.29, 1.82) is 0 Å². The molecule has 0 unspecified atom stereocenters. The number of rotatable bonds is 10. The van der Waals surface area contributed by atoms with E-state index < -0.39 is 11.9 Å². The first-order valence-electron chi connectivity index (χ1n) is 14.4. The predicted octanol–water partition coefficient (Wildman–Crippen LogP) is 6.69. The maximum atomic E-state index is 14.0. The van der Waals surface area contributed by atoms with E-state index in [1.54, 1.807) is 24.3 Å². The molecule has 0 aliphatic rings. The predicted molar refractivity (Wildman–Crippen MR) is 171 cm³/mol. The fourth-order valence-corrected chi connectivity index (χ4v) is 6.42. The van der Waals surface area contributed by atoms with Crippen molar-refractivity contribution in [3.05, 3.63) is 93.2 Å². The molecule has 2 N–H and O–H groups in total. The van der Waals surface area contributed by atoms with E-state index in [0.717, 1.165) is 43.1 Å². The lowest BCUT2D eigenvalue weighted by Crippen LogP contribution is -2.08. The number of fused-ring (bicyclic) bond motifs is 6. The molecular weight excluding hydrogens is 560 g/mol. The van der Waals surface area contributed by atoms with Crippen molar-refractivity contribution in [2.45, 2.75) is 25.7 Å². The Morgan fingerprint density at radius 2 is 0.886 bits per heavy atom. The Morgan fingerprint density at radius 1 is 0.500 bits per heavy atom. The summed E-state index contributed by atoms with van der Waals surface area (Å²) in [5.74, 6) is -0.794. The molecule has 0 fully saturated rings. The highest BCUT2D eigenvalue weighted by molar-refractivity contribution is 6.41. The van der Waals surface area contributed by atoms with Crippen LogP contribution in [0.1, 0.15) is 25.7 Å². The monoisotopic (exact) mass is 586 g/mol. The Labute approximate surface area is 249 Å². The zero-order valence-electron chi connectivity index (χ0n) is 23.5. The molecular formula is C36H26O8. The fourth-order valence-electron chi connectivity index (χ4n) is 6.42. The van der Waals surface area contributed by atoms with Crippen LogP contribution in [0.4, 0.5) is 0 Å². The largest absolute Gasteiger partial charge is 0.494 e. The molecule has 0 heterocycles. The molecule has 7 aromatic carbocycles. The zero-order chi connectivity index (χ0) is 30.5. The molecule has 0 radical (unpaired) electrons. The average molecular weight is 587 g/mol. The molecule has 0 bridgehead atoms. The molecule has 8 nitrogen and oxygen atoms in total. The van der Waals surface area contributed by atoms with Gasteiger partial charge >= 0.3 is 11.9 Å². The van der Waals surface area contributed by atoms with E-state index in [2.05, 4.69) is 0 Å². The minimum Gasteiger partial charge on any atom is -0.494 e. The Morgan fingerprint density at radius 3 is 1.30 bits per heavy atom. The van der Waals surface area contributed by atoms with Gasteiger partial charge in [0.15, 0.2) is 10.9 Å². The number of carbonyl (C=O) groups is 2. The molecule has 0 aliphatic heterocycles. The van der Waals surface area contributed by atoms with E-state index in [9.17, 15) is 19.2 Å². The Balaban J connectivity index is 1.48. The molecule has 0 spiro atoms. The minimum atomic E-state index is -0.888. The van der Waals surface area contributed by atoms with Gasteiger partial charge in [0.05, 0.1) is 13.2 Å². The minimum absolute atomic E-state index is 0.00111. The molecule has 0 saturated carbocycles. The summed E-state index contributed by atoms with van der Waals surface area (Å²) >= 11 is 0. The van der Waals surface area contributed by atoms with Gasteiger partial charge in [0.25, 0.3) is 0 Å². The maximum Gasteiger partial charge on any atom is 0.303 e. The van der Waals surface area contributed by atoms with Gasteiger partial charge in [-0.05, 0) is 81.6 Å². The molecule has 218 valence electrons. The Bertz CT molecular complexity index is 2230. The summed E-state index contributed by atoms with van der Waals surface area (Å²) in [6.45, 7) is 0.440. The van der Waals surface area contributed by atoms with E-state index in [1.165, 1.54) is 0 Å². The summed E-state index contributed by atoms with van der Waals surface area (Å²) in [5.41, 5.74) is -0.261. The summed E-state index contributed by atoms with van der Waals surface area (Å²) in [6.07, 6.45) is 0.705. The molecule has 0 aromatic heterocycles. The molecule has 44 heavy (non-hydrogen) atoms. The fraction of sp³-hybridized carbons (Fsp3) is 0.167. The zero-order valence-corrected chi connectivity index (χ0v) is 23.5. The third kappa shape index (κ3) is 4.38. The number of carboxylic acids is 2. The quantitative estimate of drug-likeness (QED) is 0.103. The lowest BCUT2D eigenvalue weighted by molar-refractivity contribution is -0.138. The summed E-state index contributed by atoms with van der Waals surface area (Å²) in [5, 5.41) is 26.6. The third-order valence-corrected chi connectivity index (χ3v) is 8.27. The molecule has 0 aliphatic carbocycles. The van der Waals surface area contributed by atoms with Gasteiger partial charge in [-0.2, -0.15) is 0 Å². The van der Waals surface area contributed by atoms with Crippen LogP contribution in [0.3, 0.4) is 0 Å². The summed E-state index contributed by atoms with van der Waals surface area (Å²) in [7, 11) is 0. The molecule has 0 atom stereocenters. The molecule has 7 rings (SSSR count). The van der Waals surface area contributed by atoms with Gasteiger partial charge in [-0.3, -0.25) is 19.2 Å². The topological polar surface area (TPSA) is 127 Å². The van der Waals surface area contributed by atoms with Crippen molar-refractivity contribution < 1.29 is 29.3 Å². The van der Waals surface area contributed by atoms with E-state index in [-0.39, 0.29) is 36.9 Å². The smallest absolute Gasteiger partial charge is 0.303 e. The second-order valence-corrected chi connectivity index (χ2v) is 11.0. The normalized spacial score (nSPS) is 11.8. The van der Waals surface area contributed by atoms with Crippen LogP contribution < -0.4 is 20.3 Å². The number of aliphatic carboxylic acids is 2. The number of ether oxygens (including phenoxy) is 2. The van der Waals surface area contributed by atoms with Gasteiger partial charge in [-0.15, -0.1) is 0 Å². The van der Waals surface area contributed by atoms with Gasteiger partial charge in [-0.25, -0.2) is 0 Å². The highest BCUT2D eigenvalue weighted by Crippen LogP contribution is 2.44. The first-order chi connectivity index (χ1) is 21.3. The SMILES string of the molecule is O=C(O)CCCOc1ccc2c(c1)c(=O)c1cccc3c1c2c1cccc2c(=O)c4cc(OCCCC(=O)O)ccc4c3c21. The van der Waals surface area contributed by atoms with Crippen LogP contribution in [0.15, 0.2) is 82.4 Å². The molecule has 0 saturated heterocycles. The van der Waals surface area contributed by atoms with Crippen LogP contribution in [0.5, 0.6) is 11.5 Å². The van der Waals surface area contributed by atoms with Crippen molar-refractivity contribution >= 4 is 76.6 Å². The molecule has 0 amide bonds. The van der Waals surface area contributed by atoms with E-state index in [1.807, 2.05) is 48.5 Å². The van der Waals surface area contributed by atoms with Gasteiger partial charge < -0.3 is 19.7 Å². The van der Waals surface area contributed by atoms with E-state index >= 15 is 0 Å². The lowest BCUT2D eigenvalue weighted by atomic mass is 9.85. The second-order valence-electron chi connectivity index (χ2n) is 11.0. The van der Waals surface area contributed by atoms with E-state index in [4.69, 9.17) is 19.7 Å². The van der Waals surface area contributed by atoms with Gasteiger partial charge in [-0.1, -0.05) is 36.4 Å². The van der Waals surface area contributed by atoms with Crippen LogP contribution in [-0.2, 0) is 9.59 Å². The number of hydrogen-bond acceptors (Lipinski definition) is 6. The van der Waals surface area contributed by atoms with Crippen molar-refractivity contribution in [1.82, 2.24) is 0 Å². The van der Waals surface area contributed by atoms with Crippen LogP contribution in [0.25, 0.3) is 64.6 Å². The van der Waals surface area contributed by atoms with Crippen molar-refractivity contribution in [2.24, 2.45) is 0 Å². The number of hydrogen-bond donors (Lipinski definition) is 2. The Kier molecular flexibility index (Phi) is 6.62. The summed E-state index contributed by atoms with van der Waals surface area (Å²) in [4.78, 5) is 49.6. The van der Waals surface area contributed by atoms with Crippen molar-refractivity contribution in [3.63, 3.8) is 0 Å². The maximum absolute atomic E-state index is 14.0. The van der Waals surface area contributed by atoms with Gasteiger partial charge in [0.2, 0.25) is 0 Å².